The van der Waals surface area contributed by atoms with E-state index >= 15 is 0 Å². The zero-order valence-corrected chi connectivity index (χ0v) is 20.6. The van der Waals surface area contributed by atoms with E-state index < -0.39 is 50.7 Å². The number of hydrogen-bond acceptors (Lipinski definition) is 5. The van der Waals surface area contributed by atoms with E-state index in [1.807, 2.05) is 0 Å². The molecule has 2 fully saturated rings. The highest BCUT2D eigenvalue weighted by Gasteiger charge is 2.53. The molecule has 3 atom stereocenters. The molecule has 2 aromatic carbocycles. The quantitative estimate of drug-likeness (QED) is 0.641. The molecule has 8 nitrogen and oxygen atoms in total. The molecule has 2 saturated heterocycles. The van der Waals surface area contributed by atoms with Crippen molar-refractivity contribution in [2.24, 2.45) is 5.73 Å². The second-order valence-electron chi connectivity index (χ2n) is 8.91. The number of halogens is 3. The summed E-state index contributed by atoms with van der Waals surface area (Å²) in [5.74, 6) is -3.39. The molecule has 0 spiro atoms. The maximum Gasteiger partial charge on any atom is 0.246 e. The third-order valence-corrected chi connectivity index (χ3v) is 8.44. The average molecular weight is 527 g/mol. The first-order valence-electron chi connectivity index (χ1n) is 11.0. The Morgan fingerprint density at radius 1 is 1.03 bits per heavy atom. The smallest absolute Gasteiger partial charge is 0.246 e. The Labute approximate surface area is 207 Å². The summed E-state index contributed by atoms with van der Waals surface area (Å²) in [7, 11) is -4.40. The maximum atomic E-state index is 13.9. The molecule has 2 aliphatic rings. The second-order valence-corrected chi connectivity index (χ2v) is 11.2. The van der Waals surface area contributed by atoms with Crippen LogP contribution in [0.3, 0.4) is 0 Å². The van der Waals surface area contributed by atoms with E-state index in [-0.39, 0.29) is 31.5 Å². The van der Waals surface area contributed by atoms with Gasteiger partial charge >= 0.3 is 0 Å². The van der Waals surface area contributed by atoms with Gasteiger partial charge < -0.3 is 15.5 Å². The molecule has 188 valence electrons. The van der Waals surface area contributed by atoms with Gasteiger partial charge in [-0.25, -0.2) is 17.2 Å². The molecular weight excluding hydrogens is 502 g/mol. The van der Waals surface area contributed by atoms with Crippen LogP contribution in [0.1, 0.15) is 19.4 Å². The van der Waals surface area contributed by atoms with Crippen molar-refractivity contribution in [2.45, 2.75) is 49.5 Å². The van der Waals surface area contributed by atoms with E-state index in [1.165, 1.54) is 9.80 Å². The third kappa shape index (κ3) is 4.65. The van der Waals surface area contributed by atoms with Crippen LogP contribution in [0.25, 0.3) is 0 Å². The molecule has 2 N–H and O–H groups in total. The zero-order chi connectivity index (χ0) is 25.7. The Kier molecular flexibility index (Phi) is 6.89. The van der Waals surface area contributed by atoms with Gasteiger partial charge in [0.25, 0.3) is 0 Å². The summed E-state index contributed by atoms with van der Waals surface area (Å²) in [6.07, 6.45) is -0.953. The number of fused-ring (bicyclic) bond motifs is 1. The maximum absolute atomic E-state index is 13.9. The molecular formula is C23H25ClF2N4O4S. The summed E-state index contributed by atoms with van der Waals surface area (Å²) in [5, 5.41) is 0.505. The van der Waals surface area contributed by atoms with Crippen LogP contribution in [0.4, 0.5) is 8.78 Å². The first kappa shape index (κ1) is 25.5. The number of nitrogens with two attached hydrogens (primary N) is 1. The van der Waals surface area contributed by atoms with E-state index in [1.54, 1.807) is 38.1 Å². The number of rotatable bonds is 5. The third-order valence-electron chi connectivity index (χ3n) is 6.33. The first-order valence-corrected chi connectivity index (χ1v) is 12.8. The molecule has 0 aromatic heterocycles. The van der Waals surface area contributed by atoms with Crippen molar-refractivity contribution in [2.75, 3.05) is 13.1 Å². The standard InChI is InChI=1S/C23H25ClF2N4O4S/c1-13(2)28-12-21-29(35(33,34)16-7-8-17(25)18(26)10-16)11-19(27)22(31)30(21)20(23(28)32)9-14-3-5-15(24)6-4-14/h3-8,10,13,19-21H,9,11-12,27H2,1-2H3. The van der Waals surface area contributed by atoms with Gasteiger partial charge in [-0.1, -0.05) is 23.7 Å². The van der Waals surface area contributed by atoms with Crippen LogP contribution in [-0.2, 0) is 26.0 Å². The summed E-state index contributed by atoms with van der Waals surface area (Å²) in [6, 6.07) is 6.51. The van der Waals surface area contributed by atoms with Crippen molar-refractivity contribution >= 4 is 33.4 Å². The van der Waals surface area contributed by atoms with Crippen LogP contribution in [0, 0.1) is 11.6 Å². The predicted molar refractivity (Wildman–Crippen MR) is 125 cm³/mol. The zero-order valence-electron chi connectivity index (χ0n) is 19.1. The number of hydrogen-bond donors (Lipinski definition) is 1. The van der Waals surface area contributed by atoms with Crippen molar-refractivity contribution in [1.82, 2.24) is 14.1 Å². The highest BCUT2D eigenvalue weighted by atomic mass is 35.5. The molecule has 4 rings (SSSR count). The molecule has 0 saturated carbocycles. The number of amides is 2. The summed E-state index contributed by atoms with van der Waals surface area (Å²) < 4.78 is 55.4. The normalized spacial score (nSPS) is 23.7. The van der Waals surface area contributed by atoms with Crippen LogP contribution >= 0.6 is 11.6 Å². The fraction of sp³-hybridized carbons (Fsp3) is 0.391. The highest BCUT2D eigenvalue weighted by molar-refractivity contribution is 7.89. The van der Waals surface area contributed by atoms with Crippen LogP contribution in [0.15, 0.2) is 47.4 Å². The lowest BCUT2D eigenvalue weighted by Crippen LogP contribution is -2.75. The summed E-state index contributed by atoms with van der Waals surface area (Å²) in [6.45, 7) is 3.12. The van der Waals surface area contributed by atoms with Gasteiger partial charge in [-0.2, -0.15) is 4.31 Å². The highest BCUT2D eigenvalue weighted by Crippen LogP contribution is 2.32. The molecule has 0 bridgehead atoms. The summed E-state index contributed by atoms with van der Waals surface area (Å²) in [4.78, 5) is 28.9. The molecule has 0 aliphatic carbocycles. The Balaban J connectivity index is 1.79. The van der Waals surface area contributed by atoms with Crippen molar-refractivity contribution in [3.63, 3.8) is 0 Å². The monoisotopic (exact) mass is 526 g/mol. The topological polar surface area (TPSA) is 104 Å². The van der Waals surface area contributed by atoms with E-state index in [4.69, 9.17) is 17.3 Å². The van der Waals surface area contributed by atoms with Gasteiger partial charge in [-0.15, -0.1) is 0 Å². The lowest BCUT2D eigenvalue weighted by Gasteiger charge is -2.53. The van der Waals surface area contributed by atoms with Crippen LogP contribution in [0.2, 0.25) is 5.02 Å². The fourth-order valence-electron chi connectivity index (χ4n) is 4.51. The first-order chi connectivity index (χ1) is 16.4. The lowest BCUT2D eigenvalue weighted by atomic mass is 9.96. The number of carbonyl (C=O) groups is 2. The minimum absolute atomic E-state index is 0.0883. The number of nitrogens with zero attached hydrogens (tertiary/aromatic N) is 3. The van der Waals surface area contributed by atoms with Crippen LogP contribution < -0.4 is 5.73 Å². The molecule has 12 heteroatoms. The number of sulfonamides is 1. The van der Waals surface area contributed by atoms with Gasteiger partial charge in [-0.05, 0) is 49.7 Å². The SMILES string of the molecule is CC(C)N1CC2N(C(=O)C(N)CN2S(=O)(=O)c2ccc(F)c(F)c2)C(Cc2ccc(Cl)cc2)C1=O. The fourth-order valence-corrected chi connectivity index (χ4v) is 6.25. The Morgan fingerprint density at radius 3 is 2.29 bits per heavy atom. The Bertz CT molecular complexity index is 1260. The van der Waals surface area contributed by atoms with Crippen molar-refractivity contribution < 1.29 is 26.8 Å². The molecule has 2 heterocycles. The van der Waals surface area contributed by atoms with Gasteiger partial charge in [0.15, 0.2) is 11.6 Å². The largest absolute Gasteiger partial charge is 0.335 e. The average Bonchev–Trinajstić information content (AvgIpc) is 2.80. The predicted octanol–water partition coefficient (Wildman–Crippen LogP) is 1.97. The van der Waals surface area contributed by atoms with Gasteiger partial charge in [0, 0.05) is 24.0 Å². The minimum Gasteiger partial charge on any atom is -0.335 e. The van der Waals surface area contributed by atoms with Gasteiger partial charge in [0.2, 0.25) is 21.8 Å². The van der Waals surface area contributed by atoms with Gasteiger partial charge in [-0.3, -0.25) is 9.59 Å². The Hall–Kier alpha value is -2.60. The van der Waals surface area contributed by atoms with Crippen molar-refractivity contribution in [1.29, 1.82) is 0 Å². The second kappa shape index (κ2) is 9.45. The van der Waals surface area contributed by atoms with Gasteiger partial charge in [0.05, 0.1) is 17.5 Å². The minimum atomic E-state index is -4.40. The number of carbonyl (C=O) groups excluding carboxylic acids is 2. The van der Waals surface area contributed by atoms with Crippen LogP contribution in [0.5, 0.6) is 0 Å². The Morgan fingerprint density at radius 2 is 1.69 bits per heavy atom. The number of benzene rings is 2. The summed E-state index contributed by atoms with van der Waals surface area (Å²) in [5.41, 5.74) is 6.77. The van der Waals surface area contributed by atoms with Gasteiger partial charge in [0.1, 0.15) is 12.2 Å². The molecule has 2 aliphatic heterocycles. The van der Waals surface area contributed by atoms with E-state index in [0.29, 0.717) is 11.1 Å². The number of piperazine rings is 1. The summed E-state index contributed by atoms with van der Waals surface area (Å²) >= 11 is 5.97. The van der Waals surface area contributed by atoms with E-state index in [9.17, 15) is 26.8 Å². The molecule has 2 amide bonds. The molecule has 0 radical (unpaired) electrons. The van der Waals surface area contributed by atoms with Crippen molar-refractivity contribution in [3.8, 4) is 0 Å². The lowest BCUT2D eigenvalue weighted by molar-refractivity contribution is -0.167. The molecule has 3 unspecified atom stereocenters. The molecule has 2 aromatic rings. The molecule has 35 heavy (non-hydrogen) atoms. The van der Waals surface area contributed by atoms with E-state index in [0.717, 1.165) is 22.0 Å². The van der Waals surface area contributed by atoms with Crippen molar-refractivity contribution in [3.05, 3.63) is 64.7 Å². The van der Waals surface area contributed by atoms with E-state index in [2.05, 4.69) is 0 Å². The van der Waals surface area contributed by atoms with Crippen LogP contribution in [-0.4, -0.2) is 71.7 Å².